The molecule has 0 aliphatic rings. The number of ether oxygens (including phenoxy) is 1. The molecule has 3 rings (SSSR count). The van der Waals surface area contributed by atoms with E-state index in [2.05, 4.69) is 4.98 Å². The normalized spacial score (nSPS) is 12.0. The molecule has 0 saturated carbocycles. The quantitative estimate of drug-likeness (QED) is 0.654. The van der Waals surface area contributed by atoms with Crippen LogP contribution in [-0.4, -0.2) is 10.1 Å². The molecule has 0 bridgehead atoms. The second kappa shape index (κ2) is 7.22. The zero-order valence-electron chi connectivity index (χ0n) is 14.3. The number of nitrogen functional groups attached to an aromatic ring is 1. The Morgan fingerprint density at radius 3 is 2.54 bits per heavy atom. The smallest absolute Gasteiger partial charge is 0.166 e. The molecule has 0 aliphatic heterocycles. The van der Waals surface area contributed by atoms with Crippen molar-refractivity contribution in [3.05, 3.63) is 70.6 Å². The number of hydrogen-bond acceptors (Lipinski definition) is 4. The fourth-order valence-electron chi connectivity index (χ4n) is 2.65. The number of nitrogens with zero attached hydrogens (tertiary/aromatic N) is 1. The van der Waals surface area contributed by atoms with Crippen LogP contribution in [0.15, 0.2) is 48.7 Å². The topological polar surface area (TPSA) is 68.4 Å². The maximum absolute atomic E-state index is 13.7. The average molecular weight is 373 g/mol. The van der Waals surface area contributed by atoms with Crippen molar-refractivity contribution < 1.29 is 14.2 Å². The molecule has 3 N–H and O–H groups in total. The van der Waals surface area contributed by atoms with Gasteiger partial charge in [-0.05, 0) is 37.6 Å². The number of pyridine rings is 1. The summed E-state index contributed by atoms with van der Waals surface area (Å²) in [6.07, 6.45) is 0.931. The lowest BCUT2D eigenvalue weighted by Crippen LogP contribution is -2.07. The third-order valence-corrected chi connectivity index (χ3v) is 4.47. The van der Waals surface area contributed by atoms with Gasteiger partial charge in [0.2, 0.25) is 0 Å². The van der Waals surface area contributed by atoms with Gasteiger partial charge in [0, 0.05) is 11.8 Å². The Bertz CT molecular complexity index is 945. The summed E-state index contributed by atoms with van der Waals surface area (Å²) in [4.78, 5) is 4.17. The van der Waals surface area contributed by atoms with Crippen LogP contribution in [0, 0.1) is 12.7 Å². The highest BCUT2D eigenvalue weighted by Crippen LogP contribution is 2.37. The Labute approximate surface area is 156 Å². The van der Waals surface area contributed by atoms with Crippen LogP contribution in [0.2, 0.25) is 5.02 Å². The number of aromatic nitrogens is 1. The first-order valence-corrected chi connectivity index (χ1v) is 8.40. The van der Waals surface area contributed by atoms with Gasteiger partial charge >= 0.3 is 0 Å². The van der Waals surface area contributed by atoms with E-state index < -0.39 is 11.9 Å². The zero-order valence-corrected chi connectivity index (χ0v) is 15.1. The highest BCUT2D eigenvalue weighted by molar-refractivity contribution is 6.31. The summed E-state index contributed by atoms with van der Waals surface area (Å²) in [5, 5.41) is 9.83. The number of anilines is 1. The van der Waals surface area contributed by atoms with E-state index >= 15 is 0 Å². The van der Waals surface area contributed by atoms with Crippen molar-refractivity contribution in [2.45, 2.75) is 20.0 Å². The number of hydrogen-bond donors (Lipinski definition) is 2. The molecule has 1 atom stereocenters. The third-order valence-electron chi connectivity index (χ3n) is 4.09. The van der Waals surface area contributed by atoms with Crippen molar-refractivity contribution in [2.24, 2.45) is 0 Å². The summed E-state index contributed by atoms with van der Waals surface area (Å²) in [5.74, 6) is -0.255. The zero-order chi connectivity index (χ0) is 18.8. The van der Waals surface area contributed by atoms with Crippen molar-refractivity contribution in [3.8, 4) is 22.6 Å². The molecule has 0 aliphatic carbocycles. The van der Waals surface area contributed by atoms with Gasteiger partial charge in [-0.1, -0.05) is 41.4 Å². The van der Waals surface area contributed by atoms with Gasteiger partial charge in [-0.2, -0.15) is 0 Å². The van der Waals surface area contributed by atoms with Crippen LogP contribution in [0.4, 0.5) is 10.2 Å². The Kier molecular flexibility index (Phi) is 5.00. The van der Waals surface area contributed by atoms with Crippen LogP contribution >= 0.6 is 11.6 Å². The van der Waals surface area contributed by atoms with E-state index in [0.717, 1.165) is 22.8 Å². The molecule has 3 aromatic rings. The summed E-state index contributed by atoms with van der Waals surface area (Å²) in [6, 6.07) is 12.0. The minimum atomic E-state index is -0.726. The van der Waals surface area contributed by atoms with E-state index in [0.29, 0.717) is 5.75 Å². The predicted octanol–water partition coefficient (Wildman–Crippen LogP) is 5.28. The van der Waals surface area contributed by atoms with Gasteiger partial charge in [-0.25, -0.2) is 9.37 Å². The van der Waals surface area contributed by atoms with Crippen molar-refractivity contribution in [1.82, 2.24) is 4.98 Å². The van der Waals surface area contributed by atoms with Crippen LogP contribution in [0.1, 0.15) is 24.2 Å². The maximum atomic E-state index is 13.7. The van der Waals surface area contributed by atoms with Gasteiger partial charge in [0.1, 0.15) is 17.7 Å². The fraction of sp³-hybridized carbons (Fsp3) is 0.150. The molecule has 0 spiro atoms. The molecule has 6 heteroatoms. The fourth-order valence-corrected chi connectivity index (χ4v) is 2.96. The summed E-state index contributed by atoms with van der Waals surface area (Å²) >= 11 is 5.98. The van der Waals surface area contributed by atoms with Gasteiger partial charge in [0.05, 0.1) is 10.6 Å². The Hall–Kier alpha value is -2.79. The van der Waals surface area contributed by atoms with Gasteiger partial charge in [-0.3, -0.25) is 0 Å². The molecule has 0 fully saturated rings. The van der Waals surface area contributed by atoms with Crippen molar-refractivity contribution in [2.75, 3.05) is 5.73 Å². The minimum absolute atomic E-state index is 0.148. The lowest BCUT2D eigenvalue weighted by molar-refractivity contribution is 0.222. The third kappa shape index (κ3) is 3.58. The first-order chi connectivity index (χ1) is 12.4. The number of benzene rings is 2. The molecular formula is C20H18ClFN2O2. The number of aromatic hydroxyl groups is 1. The van der Waals surface area contributed by atoms with Crippen LogP contribution in [-0.2, 0) is 0 Å². The molecule has 2 aromatic carbocycles. The maximum Gasteiger partial charge on any atom is 0.166 e. The molecule has 0 saturated heterocycles. The average Bonchev–Trinajstić information content (AvgIpc) is 2.61. The number of nitrogens with two attached hydrogens (primary N) is 1. The standard InChI is InChI=1S/C20H18ClFN2O2/c1-11-3-5-13(6-4-11)14-9-17(20(23)24-10-14)26-12(2)18-16(25)8-7-15(22)19(18)21/h3-10,12,25H,1-2H3,(H2,23,24). The summed E-state index contributed by atoms with van der Waals surface area (Å²) in [5.41, 5.74) is 9.02. The molecule has 134 valence electrons. The van der Waals surface area contributed by atoms with Crippen LogP contribution in [0.3, 0.4) is 0 Å². The Morgan fingerprint density at radius 1 is 1.15 bits per heavy atom. The molecule has 0 amide bonds. The second-order valence-electron chi connectivity index (χ2n) is 6.03. The van der Waals surface area contributed by atoms with Crippen molar-refractivity contribution in [1.29, 1.82) is 0 Å². The highest BCUT2D eigenvalue weighted by atomic mass is 35.5. The number of phenols is 1. The van der Waals surface area contributed by atoms with E-state index in [4.69, 9.17) is 22.1 Å². The molecule has 1 heterocycles. The monoisotopic (exact) mass is 372 g/mol. The van der Waals surface area contributed by atoms with Crippen molar-refractivity contribution >= 4 is 17.4 Å². The largest absolute Gasteiger partial charge is 0.507 e. The molecule has 1 unspecified atom stereocenters. The Morgan fingerprint density at radius 2 is 1.85 bits per heavy atom. The summed E-state index contributed by atoms with van der Waals surface area (Å²) < 4.78 is 19.6. The number of halogens is 2. The Balaban J connectivity index is 1.94. The van der Waals surface area contributed by atoms with E-state index in [9.17, 15) is 9.50 Å². The number of aryl methyl sites for hydroxylation is 1. The highest BCUT2D eigenvalue weighted by Gasteiger charge is 2.20. The van der Waals surface area contributed by atoms with Crippen LogP contribution in [0.5, 0.6) is 11.5 Å². The van der Waals surface area contributed by atoms with Crippen molar-refractivity contribution in [3.63, 3.8) is 0 Å². The van der Waals surface area contributed by atoms with Crippen LogP contribution in [0.25, 0.3) is 11.1 Å². The SMILES string of the molecule is Cc1ccc(-c2cnc(N)c(OC(C)c3c(O)ccc(F)c3Cl)c2)cc1. The first kappa shape index (κ1) is 18.0. The van der Waals surface area contributed by atoms with Crippen LogP contribution < -0.4 is 10.5 Å². The van der Waals surface area contributed by atoms with E-state index in [1.165, 1.54) is 6.07 Å². The predicted molar refractivity (Wildman–Crippen MR) is 101 cm³/mol. The second-order valence-corrected chi connectivity index (χ2v) is 6.41. The molecule has 0 radical (unpaired) electrons. The number of rotatable bonds is 4. The lowest BCUT2D eigenvalue weighted by Gasteiger charge is -2.19. The van der Waals surface area contributed by atoms with Gasteiger partial charge < -0.3 is 15.6 Å². The van der Waals surface area contributed by atoms with E-state index in [1.807, 2.05) is 31.2 Å². The van der Waals surface area contributed by atoms with Gasteiger partial charge in [0.25, 0.3) is 0 Å². The first-order valence-electron chi connectivity index (χ1n) is 8.03. The lowest BCUT2D eigenvalue weighted by atomic mass is 10.1. The summed E-state index contributed by atoms with van der Waals surface area (Å²) in [6.45, 7) is 3.66. The van der Waals surface area contributed by atoms with E-state index in [1.54, 1.807) is 19.2 Å². The molecule has 1 aromatic heterocycles. The number of phenolic OH excluding ortho intramolecular Hbond substituents is 1. The van der Waals surface area contributed by atoms with Gasteiger partial charge in [0.15, 0.2) is 11.6 Å². The summed E-state index contributed by atoms with van der Waals surface area (Å²) in [7, 11) is 0. The molecule has 26 heavy (non-hydrogen) atoms. The molecule has 4 nitrogen and oxygen atoms in total. The minimum Gasteiger partial charge on any atom is -0.507 e. The van der Waals surface area contributed by atoms with E-state index in [-0.39, 0.29) is 22.2 Å². The van der Waals surface area contributed by atoms with Gasteiger partial charge in [-0.15, -0.1) is 0 Å². The molecular weight excluding hydrogens is 355 g/mol.